The lowest BCUT2D eigenvalue weighted by atomic mass is 10.0. The van der Waals surface area contributed by atoms with Gasteiger partial charge in [-0.2, -0.15) is 0 Å². The van der Waals surface area contributed by atoms with E-state index in [9.17, 15) is 23.1 Å². The number of nitrogens with zero attached hydrogens (tertiary/aromatic N) is 3. The number of anilines is 1. The molecule has 5 rings (SSSR count). The third kappa shape index (κ3) is 8.33. The number of unbranched alkanes of at least 4 members (excludes halogenated alkanes) is 3. The number of aryl methyl sites for hydroxylation is 1. The standard InChI is InChI=1S/C34H35ClN4O5S/c1-23-12-14-25(15-13-23)32-31(26-16-18-27(35)19-17-26)36-28-21-29(40)34(42)39(33(28)37-32)20-8-3-2-7-11-30(41)38-45(43,44)22-24-9-5-4-6-10-24/h4-6,9-10,12-19,29,40H,2-3,7-8,11,20-22H2,1H3,(H,38,41). The van der Waals surface area contributed by atoms with E-state index in [1.807, 2.05) is 43.3 Å². The Morgan fingerprint density at radius 1 is 0.911 bits per heavy atom. The van der Waals surface area contributed by atoms with Gasteiger partial charge in [0.1, 0.15) is 6.10 Å². The molecule has 4 aromatic rings. The molecule has 3 aromatic carbocycles. The summed E-state index contributed by atoms with van der Waals surface area (Å²) in [6.45, 7) is 2.33. The average molecular weight is 647 g/mol. The average Bonchev–Trinajstić information content (AvgIpc) is 3.01. The summed E-state index contributed by atoms with van der Waals surface area (Å²) in [5.74, 6) is -0.785. The monoisotopic (exact) mass is 646 g/mol. The van der Waals surface area contributed by atoms with Crippen molar-refractivity contribution in [1.29, 1.82) is 0 Å². The molecule has 9 nitrogen and oxygen atoms in total. The molecule has 2 N–H and O–H groups in total. The van der Waals surface area contributed by atoms with E-state index in [1.165, 1.54) is 4.90 Å². The van der Waals surface area contributed by atoms with Crippen molar-refractivity contribution in [1.82, 2.24) is 14.7 Å². The van der Waals surface area contributed by atoms with Gasteiger partial charge in [0.25, 0.3) is 5.91 Å². The molecule has 0 aliphatic carbocycles. The van der Waals surface area contributed by atoms with Crippen molar-refractivity contribution in [3.63, 3.8) is 0 Å². The van der Waals surface area contributed by atoms with Crippen molar-refractivity contribution in [3.05, 3.63) is 101 Å². The molecule has 1 atom stereocenters. The first-order chi connectivity index (χ1) is 21.6. The number of hydrogen-bond donors (Lipinski definition) is 2. The fourth-order valence-corrected chi connectivity index (χ4v) is 6.55. The summed E-state index contributed by atoms with van der Waals surface area (Å²) in [6.07, 6.45) is 1.39. The molecule has 1 aliphatic heterocycles. The van der Waals surface area contributed by atoms with Gasteiger partial charge in [0.15, 0.2) is 5.82 Å². The van der Waals surface area contributed by atoms with Gasteiger partial charge in [-0.3, -0.25) is 19.2 Å². The van der Waals surface area contributed by atoms with Gasteiger partial charge in [-0.25, -0.2) is 18.4 Å². The number of fused-ring (bicyclic) bond motifs is 1. The third-order valence-electron chi connectivity index (χ3n) is 7.59. The molecule has 0 saturated heterocycles. The molecule has 1 aliphatic rings. The maximum atomic E-state index is 13.1. The summed E-state index contributed by atoms with van der Waals surface area (Å²) in [4.78, 5) is 36.8. The molecule has 0 fully saturated rings. The lowest BCUT2D eigenvalue weighted by Crippen LogP contribution is -2.46. The predicted octanol–water partition coefficient (Wildman–Crippen LogP) is 5.62. The zero-order chi connectivity index (χ0) is 32.0. The molecule has 11 heteroatoms. The third-order valence-corrected chi connectivity index (χ3v) is 9.09. The number of nitrogens with one attached hydrogen (secondary N) is 1. The number of benzene rings is 3. The van der Waals surface area contributed by atoms with Crippen LogP contribution >= 0.6 is 11.6 Å². The number of carbonyl (C=O) groups excluding carboxylic acids is 2. The minimum Gasteiger partial charge on any atom is -0.383 e. The highest BCUT2D eigenvalue weighted by Gasteiger charge is 2.34. The summed E-state index contributed by atoms with van der Waals surface area (Å²) in [6, 6.07) is 23.9. The number of amides is 2. The summed E-state index contributed by atoms with van der Waals surface area (Å²) in [5, 5.41) is 11.2. The Kier molecular flexibility index (Phi) is 10.3. The van der Waals surface area contributed by atoms with Crippen molar-refractivity contribution in [3.8, 4) is 22.5 Å². The molecule has 45 heavy (non-hydrogen) atoms. The second-order valence-electron chi connectivity index (χ2n) is 11.2. The zero-order valence-electron chi connectivity index (χ0n) is 24.9. The largest absolute Gasteiger partial charge is 0.383 e. The maximum Gasteiger partial charge on any atom is 0.257 e. The van der Waals surface area contributed by atoms with Crippen LogP contribution in [-0.2, 0) is 31.8 Å². The summed E-state index contributed by atoms with van der Waals surface area (Å²) >= 11 is 6.13. The van der Waals surface area contributed by atoms with E-state index < -0.39 is 27.9 Å². The van der Waals surface area contributed by atoms with Gasteiger partial charge in [-0.05, 0) is 37.5 Å². The highest BCUT2D eigenvalue weighted by Crippen LogP contribution is 2.35. The van der Waals surface area contributed by atoms with Crippen molar-refractivity contribution in [2.75, 3.05) is 11.4 Å². The van der Waals surface area contributed by atoms with Crippen LogP contribution in [0.15, 0.2) is 78.9 Å². The Morgan fingerprint density at radius 3 is 2.22 bits per heavy atom. The van der Waals surface area contributed by atoms with Gasteiger partial charge in [-0.15, -0.1) is 0 Å². The minimum atomic E-state index is -3.77. The topological polar surface area (TPSA) is 130 Å². The highest BCUT2D eigenvalue weighted by atomic mass is 35.5. The van der Waals surface area contributed by atoms with Gasteiger partial charge in [0.2, 0.25) is 15.9 Å². The van der Waals surface area contributed by atoms with Gasteiger partial charge >= 0.3 is 0 Å². The molecular weight excluding hydrogens is 612 g/mol. The highest BCUT2D eigenvalue weighted by molar-refractivity contribution is 7.89. The second-order valence-corrected chi connectivity index (χ2v) is 13.4. The van der Waals surface area contributed by atoms with E-state index in [1.54, 1.807) is 42.5 Å². The van der Waals surface area contributed by atoms with Crippen LogP contribution in [0.1, 0.15) is 48.9 Å². The molecule has 1 aromatic heterocycles. The van der Waals surface area contributed by atoms with Crippen molar-refractivity contribution in [2.45, 2.75) is 57.3 Å². The minimum absolute atomic E-state index is 0.0642. The molecule has 0 bridgehead atoms. The van der Waals surface area contributed by atoms with Crippen LogP contribution in [0, 0.1) is 6.92 Å². The van der Waals surface area contributed by atoms with Crippen molar-refractivity contribution < 1.29 is 23.1 Å². The number of aromatic nitrogens is 2. The molecule has 2 heterocycles. The number of carbonyl (C=O) groups is 2. The van der Waals surface area contributed by atoms with E-state index in [0.29, 0.717) is 65.7 Å². The van der Waals surface area contributed by atoms with Crippen LogP contribution < -0.4 is 9.62 Å². The molecule has 0 spiro atoms. The van der Waals surface area contributed by atoms with E-state index in [-0.39, 0.29) is 18.6 Å². The van der Waals surface area contributed by atoms with Crippen LogP contribution in [0.3, 0.4) is 0 Å². The molecule has 0 radical (unpaired) electrons. The van der Waals surface area contributed by atoms with Gasteiger partial charge in [0, 0.05) is 35.5 Å². The van der Waals surface area contributed by atoms with Crippen molar-refractivity contribution >= 4 is 39.3 Å². The fraction of sp³-hybridized carbons (Fsp3) is 0.294. The Hall–Kier alpha value is -4.12. The number of aliphatic hydroxyl groups is 1. The molecule has 2 amide bonds. The Bertz CT molecular complexity index is 1770. The van der Waals surface area contributed by atoms with Gasteiger partial charge in [-0.1, -0.05) is 96.7 Å². The number of hydrogen-bond acceptors (Lipinski definition) is 7. The summed E-state index contributed by atoms with van der Waals surface area (Å²) < 4.78 is 26.8. The fourth-order valence-electron chi connectivity index (χ4n) is 5.27. The lowest BCUT2D eigenvalue weighted by Gasteiger charge is -2.31. The summed E-state index contributed by atoms with van der Waals surface area (Å²) in [5.41, 5.74) is 5.18. The SMILES string of the molecule is Cc1ccc(-c2nc3c(nc2-c2ccc(Cl)cc2)CC(O)C(=O)N3CCCCCCC(=O)NS(=O)(=O)Cc2ccccc2)cc1. The van der Waals surface area contributed by atoms with Crippen LogP contribution in [0.2, 0.25) is 5.02 Å². The number of rotatable bonds is 12. The quantitative estimate of drug-likeness (QED) is 0.191. The Morgan fingerprint density at radius 2 is 1.53 bits per heavy atom. The van der Waals surface area contributed by atoms with Crippen LogP contribution in [0.25, 0.3) is 22.5 Å². The van der Waals surface area contributed by atoms with Crippen LogP contribution in [0.5, 0.6) is 0 Å². The Balaban J connectivity index is 1.24. The van der Waals surface area contributed by atoms with E-state index in [0.717, 1.165) is 16.7 Å². The first-order valence-electron chi connectivity index (χ1n) is 14.9. The molecular formula is C34H35ClN4O5S. The first kappa shape index (κ1) is 32.3. The van der Waals surface area contributed by atoms with E-state index in [2.05, 4.69) is 4.72 Å². The molecule has 1 unspecified atom stereocenters. The predicted molar refractivity (Wildman–Crippen MR) is 175 cm³/mol. The zero-order valence-corrected chi connectivity index (χ0v) is 26.5. The first-order valence-corrected chi connectivity index (χ1v) is 16.9. The van der Waals surface area contributed by atoms with Gasteiger partial charge < -0.3 is 5.11 Å². The summed E-state index contributed by atoms with van der Waals surface area (Å²) in [7, 11) is -3.77. The number of sulfonamides is 1. The smallest absolute Gasteiger partial charge is 0.257 e. The molecule has 234 valence electrons. The van der Waals surface area contributed by atoms with Crippen molar-refractivity contribution in [2.24, 2.45) is 0 Å². The van der Waals surface area contributed by atoms with Crippen LogP contribution in [-0.4, -0.2) is 48.0 Å². The maximum absolute atomic E-state index is 13.1. The Labute approximate surface area is 268 Å². The number of halogens is 1. The lowest BCUT2D eigenvalue weighted by molar-refractivity contribution is -0.127. The van der Waals surface area contributed by atoms with Gasteiger partial charge in [0.05, 0.1) is 22.8 Å². The van der Waals surface area contributed by atoms with E-state index >= 15 is 0 Å². The molecule has 0 saturated carbocycles. The normalized spacial score (nSPS) is 14.7. The van der Waals surface area contributed by atoms with Crippen LogP contribution in [0.4, 0.5) is 5.82 Å². The number of aliphatic hydroxyl groups excluding tert-OH is 1. The van der Waals surface area contributed by atoms with E-state index in [4.69, 9.17) is 21.6 Å². The second kappa shape index (κ2) is 14.3.